The molecule has 2 N–H and O–H groups in total. The maximum Gasteiger partial charge on any atom is 0.312 e. The van der Waals surface area contributed by atoms with E-state index in [-0.39, 0.29) is 12.5 Å². The Balaban J connectivity index is 1.71. The molecule has 0 aliphatic rings. The number of hydrogen-bond acceptors (Lipinski definition) is 3. The van der Waals surface area contributed by atoms with E-state index in [2.05, 4.69) is 11.4 Å². The van der Waals surface area contributed by atoms with Crippen molar-refractivity contribution in [3.05, 3.63) is 71.3 Å². The normalized spacial score (nSPS) is 11.3. The lowest BCUT2D eigenvalue weighted by Gasteiger charge is -2.13. The van der Waals surface area contributed by atoms with Crippen LogP contribution in [-0.4, -0.2) is 23.5 Å². The van der Waals surface area contributed by atoms with Crippen molar-refractivity contribution in [3.8, 4) is 6.07 Å². The third-order valence-corrected chi connectivity index (χ3v) is 4.21. The topological polar surface area (TPSA) is 90.2 Å². The highest BCUT2D eigenvalue weighted by molar-refractivity contribution is 5.79. The Morgan fingerprint density at radius 1 is 1.04 bits per heavy atom. The second kappa shape index (κ2) is 10.00. The highest BCUT2D eigenvalue weighted by atomic mass is 16.4. The molecule has 0 heterocycles. The number of benzene rings is 2. The number of hydrogen-bond donors (Lipinski definition) is 2. The zero-order chi connectivity index (χ0) is 18.8. The molecular formula is C21H22N2O3. The number of nitriles is 1. The van der Waals surface area contributed by atoms with Crippen LogP contribution >= 0.6 is 0 Å². The number of carboxylic acids is 1. The van der Waals surface area contributed by atoms with Crippen LogP contribution in [0.2, 0.25) is 0 Å². The number of amides is 1. The van der Waals surface area contributed by atoms with E-state index in [1.807, 2.05) is 18.2 Å². The fourth-order valence-corrected chi connectivity index (χ4v) is 2.70. The van der Waals surface area contributed by atoms with Gasteiger partial charge in [-0.05, 0) is 42.5 Å². The molecule has 2 aromatic rings. The van der Waals surface area contributed by atoms with Gasteiger partial charge in [0.05, 0.1) is 17.6 Å². The van der Waals surface area contributed by atoms with Gasteiger partial charge in [0.25, 0.3) is 0 Å². The molecule has 0 aliphatic heterocycles. The van der Waals surface area contributed by atoms with Crippen molar-refractivity contribution < 1.29 is 14.7 Å². The highest BCUT2D eigenvalue weighted by Crippen LogP contribution is 2.15. The highest BCUT2D eigenvalue weighted by Gasteiger charge is 2.20. The lowest BCUT2D eigenvalue weighted by molar-refractivity contribution is -0.138. The Kier molecular flexibility index (Phi) is 7.38. The van der Waals surface area contributed by atoms with Crippen LogP contribution in [0.4, 0.5) is 0 Å². The van der Waals surface area contributed by atoms with Crippen LogP contribution in [0.15, 0.2) is 54.6 Å². The zero-order valence-corrected chi connectivity index (χ0v) is 14.5. The van der Waals surface area contributed by atoms with Crippen LogP contribution in [-0.2, 0) is 16.0 Å². The first-order valence-corrected chi connectivity index (χ1v) is 8.63. The summed E-state index contributed by atoms with van der Waals surface area (Å²) >= 11 is 0. The first kappa shape index (κ1) is 19.2. The summed E-state index contributed by atoms with van der Waals surface area (Å²) in [6, 6.07) is 18.4. The summed E-state index contributed by atoms with van der Waals surface area (Å²) < 4.78 is 0. The molecule has 5 nitrogen and oxygen atoms in total. The molecule has 1 unspecified atom stereocenters. The van der Waals surface area contributed by atoms with E-state index >= 15 is 0 Å². The molecule has 0 bridgehead atoms. The van der Waals surface area contributed by atoms with E-state index < -0.39 is 11.9 Å². The van der Waals surface area contributed by atoms with Crippen molar-refractivity contribution in [2.24, 2.45) is 0 Å². The lowest BCUT2D eigenvalue weighted by Crippen LogP contribution is -2.31. The third-order valence-electron chi connectivity index (χ3n) is 4.21. The van der Waals surface area contributed by atoms with Gasteiger partial charge in [0.15, 0.2) is 0 Å². The SMILES string of the molecule is N#Cc1ccc(CCCCC(=O)NCC(C(=O)O)c2ccccc2)cc1. The molecule has 2 rings (SSSR count). The number of aryl methyl sites for hydroxylation is 1. The van der Waals surface area contributed by atoms with Gasteiger partial charge in [-0.3, -0.25) is 9.59 Å². The summed E-state index contributed by atoms with van der Waals surface area (Å²) in [5.74, 6) is -1.82. The van der Waals surface area contributed by atoms with Crippen molar-refractivity contribution in [3.63, 3.8) is 0 Å². The second-order valence-electron chi connectivity index (χ2n) is 6.12. The van der Waals surface area contributed by atoms with Gasteiger partial charge in [-0.1, -0.05) is 42.5 Å². The van der Waals surface area contributed by atoms with Gasteiger partial charge in [0.2, 0.25) is 5.91 Å². The van der Waals surface area contributed by atoms with Crippen LogP contribution in [0.1, 0.15) is 41.9 Å². The molecule has 0 spiro atoms. The fraction of sp³-hybridized carbons (Fsp3) is 0.286. The Morgan fingerprint density at radius 3 is 2.35 bits per heavy atom. The van der Waals surface area contributed by atoms with Crippen LogP contribution in [0.5, 0.6) is 0 Å². The van der Waals surface area contributed by atoms with Gasteiger partial charge in [0, 0.05) is 13.0 Å². The standard InChI is InChI=1S/C21H22N2O3/c22-14-17-12-10-16(11-13-17)6-4-5-9-20(24)23-15-19(21(25)26)18-7-2-1-3-8-18/h1-3,7-8,10-13,19H,4-6,9,15H2,(H,23,24)(H,25,26). The van der Waals surface area contributed by atoms with Crippen LogP contribution in [0.25, 0.3) is 0 Å². The molecule has 0 aliphatic carbocycles. The number of unbranched alkanes of at least 4 members (excludes halogenated alkanes) is 1. The van der Waals surface area contributed by atoms with E-state index in [1.165, 1.54) is 0 Å². The molecule has 1 amide bonds. The molecule has 1 atom stereocenters. The summed E-state index contributed by atoms with van der Waals surface area (Å²) in [6.07, 6.45) is 2.81. The number of aliphatic carboxylic acids is 1. The summed E-state index contributed by atoms with van der Waals surface area (Å²) in [5.41, 5.74) is 2.46. The quantitative estimate of drug-likeness (QED) is 0.679. The predicted molar refractivity (Wildman–Crippen MR) is 98.5 cm³/mol. The van der Waals surface area contributed by atoms with Gasteiger partial charge in [-0.15, -0.1) is 0 Å². The summed E-state index contributed by atoms with van der Waals surface area (Å²) in [7, 11) is 0. The number of nitrogens with zero attached hydrogens (tertiary/aromatic N) is 1. The summed E-state index contributed by atoms with van der Waals surface area (Å²) in [6.45, 7) is 0.0911. The third kappa shape index (κ3) is 6.06. The number of carboxylic acid groups (broad SMARTS) is 1. The molecule has 0 saturated heterocycles. The van der Waals surface area contributed by atoms with E-state index in [4.69, 9.17) is 5.26 Å². The molecule has 0 fully saturated rings. The molecule has 0 aromatic heterocycles. The average molecular weight is 350 g/mol. The Hall–Kier alpha value is -3.13. The average Bonchev–Trinajstić information content (AvgIpc) is 2.66. The lowest BCUT2D eigenvalue weighted by atomic mass is 9.99. The Labute approximate surface area is 153 Å². The van der Waals surface area contributed by atoms with E-state index in [9.17, 15) is 14.7 Å². The molecule has 0 saturated carbocycles. The minimum atomic E-state index is -0.947. The molecule has 26 heavy (non-hydrogen) atoms. The van der Waals surface area contributed by atoms with Crippen molar-refractivity contribution in [2.75, 3.05) is 6.54 Å². The van der Waals surface area contributed by atoms with Crippen molar-refractivity contribution in [1.82, 2.24) is 5.32 Å². The minimum absolute atomic E-state index is 0.0911. The van der Waals surface area contributed by atoms with E-state index in [1.54, 1.807) is 36.4 Å². The van der Waals surface area contributed by atoms with Crippen LogP contribution < -0.4 is 5.32 Å². The second-order valence-corrected chi connectivity index (χ2v) is 6.12. The van der Waals surface area contributed by atoms with Crippen molar-refractivity contribution >= 4 is 11.9 Å². The molecule has 0 radical (unpaired) electrons. The number of rotatable bonds is 9. The van der Waals surface area contributed by atoms with Crippen molar-refractivity contribution in [1.29, 1.82) is 5.26 Å². The smallest absolute Gasteiger partial charge is 0.312 e. The molecule has 5 heteroatoms. The van der Waals surface area contributed by atoms with Gasteiger partial charge >= 0.3 is 5.97 Å². The Morgan fingerprint density at radius 2 is 1.73 bits per heavy atom. The van der Waals surface area contributed by atoms with E-state index in [0.717, 1.165) is 24.8 Å². The van der Waals surface area contributed by atoms with Crippen LogP contribution in [0.3, 0.4) is 0 Å². The monoisotopic (exact) mass is 350 g/mol. The first-order valence-electron chi connectivity index (χ1n) is 8.63. The largest absolute Gasteiger partial charge is 0.481 e. The van der Waals surface area contributed by atoms with Gasteiger partial charge in [0.1, 0.15) is 0 Å². The van der Waals surface area contributed by atoms with Gasteiger partial charge in [-0.25, -0.2) is 0 Å². The number of carbonyl (C=O) groups excluding carboxylic acids is 1. The Bertz CT molecular complexity index is 764. The molecular weight excluding hydrogens is 328 g/mol. The fourth-order valence-electron chi connectivity index (χ4n) is 2.70. The van der Waals surface area contributed by atoms with Gasteiger partial charge in [-0.2, -0.15) is 5.26 Å². The first-order chi connectivity index (χ1) is 12.6. The van der Waals surface area contributed by atoms with E-state index in [0.29, 0.717) is 17.5 Å². The molecule has 134 valence electrons. The maximum absolute atomic E-state index is 12.0. The minimum Gasteiger partial charge on any atom is -0.481 e. The number of nitrogens with one attached hydrogen (secondary N) is 1. The molecule has 2 aromatic carbocycles. The predicted octanol–water partition coefficient (Wildman–Crippen LogP) is 3.26. The summed E-state index contributed by atoms with van der Waals surface area (Å²) in [5, 5.41) is 20.8. The number of carbonyl (C=O) groups is 2. The maximum atomic E-state index is 12.0. The zero-order valence-electron chi connectivity index (χ0n) is 14.5. The van der Waals surface area contributed by atoms with Crippen molar-refractivity contribution in [2.45, 2.75) is 31.6 Å². The summed E-state index contributed by atoms with van der Waals surface area (Å²) in [4.78, 5) is 23.4. The van der Waals surface area contributed by atoms with Crippen LogP contribution in [0, 0.1) is 11.3 Å². The van der Waals surface area contributed by atoms with Gasteiger partial charge < -0.3 is 10.4 Å².